The number of nitrogens with zero attached hydrogens (tertiary/aromatic N) is 1. The fourth-order valence-electron chi connectivity index (χ4n) is 4.68. The maximum atomic E-state index is 14.3. The molecular formula is C33H47ClN4O5. The van der Waals surface area contributed by atoms with E-state index >= 15 is 0 Å². The van der Waals surface area contributed by atoms with Gasteiger partial charge in [0.2, 0.25) is 11.8 Å². The number of anilines is 1. The van der Waals surface area contributed by atoms with Gasteiger partial charge in [-0.1, -0.05) is 92.6 Å². The van der Waals surface area contributed by atoms with Crippen LogP contribution in [0.3, 0.4) is 0 Å². The van der Waals surface area contributed by atoms with Gasteiger partial charge >= 0.3 is 6.09 Å². The molecule has 2 aromatic carbocycles. The Hall–Kier alpha value is -3.59. The van der Waals surface area contributed by atoms with Gasteiger partial charge in [0.1, 0.15) is 17.7 Å². The molecule has 0 radical (unpaired) electrons. The molecule has 0 heterocycles. The fourth-order valence-corrected chi connectivity index (χ4v) is 4.95. The number of nitrogens with two attached hydrogens (primary N) is 1. The largest absolute Gasteiger partial charge is 0.444 e. The first-order valence-corrected chi connectivity index (χ1v) is 15.3. The molecule has 9 nitrogen and oxygen atoms in total. The summed E-state index contributed by atoms with van der Waals surface area (Å²) in [5.74, 6) is -1.87. The van der Waals surface area contributed by atoms with E-state index in [9.17, 15) is 19.2 Å². The van der Waals surface area contributed by atoms with Crippen LogP contribution < -0.4 is 16.4 Å². The highest BCUT2D eigenvalue weighted by molar-refractivity contribution is 6.34. The average molecular weight is 615 g/mol. The lowest BCUT2D eigenvalue weighted by Crippen LogP contribution is -2.53. The molecule has 0 bridgehead atoms. The summed E-state index contributed by atoms with van der Waals surface area (Å²) in [6, 6.07) is 10.2. The zero-order valence-corrected chi connectivity index (χ0v) is 27.1. The first kappa shape index (κ1) is 35.6. The Bertz CT molecular complexity index is 1220. The van der Waals surface area contributed by atoms with Gasteiger partial charge in [-0.05, 0) is 58.2 Å². The average Bonchev–Trinajstić information content (AvgIpc) is 2.91. The monoisotopic (exact) mass is 614 g/mol. The quantitative estimate of drug-likeness (QED) is 0.195. The summed E-state index contributed by atoms with van der Waals surface area (Å²) in [4.78, 5) is 54.6. The Balaban J connectivity index is 2.55. The van der Waals surface area contributed by atoms with Crippen LogP contribution in [0.2, 0.25) is 5.02 Å². The molecule has 0 aliphatic heterocycles. The molecule has 236 valence electrons. The number of rotatable bonds is 15. The molecule has 0 saturated carbocycles. The third-order valence-corrected chi connectivity index (χ3v) is 7.17. The maximum Gasteiger partial charge on any atom is 0.408 e. The van der Waals surface area contributed by atoms with Gasteiger partial charge in [0.15, 0.2) is 0 Å². The van der Waals surface area contributed by atoms with Crippen molar-refractivity contribution < 1.29 is 23.9 Å². The predicted octanol–water partition coefficient (Wildman–Crippen LogP) is 6.59. The highest BCUT2D eigenvalue weighted by Crippen LogP contribution is 2.30. The van der Waals surface area contributed by atoms with E-state index in [2.05, 4.69) is 17.6 Å². The number of para-hydroxylation sites is 1. The van der Waals surface area contributed by atoms with Crippen LogP contribution in [0.25, 0.3) is 0 Å². The number of unbranched alkanes of at least 4 members (excludes halogenated alkanes) is 5. The Morgan fingerprint density at radius 2 is 1.58 bits per heavy atom. The van der Waals surface area contributed by atoms with E-state index in [0.29, 0.717) is 22.7 Å². The first-order chi connectivity index (χ1) is 20.2. The molecule has 2 rings (SSSR count). The Kier molecular flexibility index (Phi) is 14.0. The number of nitrogens with one attached hydrogen (secondary N) is 2. The molecule has 2 unspecified atom stereocenters. The number of aryl methyl sites for hydroxylation is 2. The summed E-state index contributed by atoms with van der Waals surface area (Å²) in [6.07, 6.45) is 4.41. The van der Waals surface area contributed by atoms with Crippen molar-refractivity contribution >= 4 is 41.1 Å². The van der Waals surface area contributed by atoms with Gasteiger partial charge in [-0.2, -0.15) is 0 Å². The van der Waals surface area contributed by atoms with Gasteiger partial charge in [-0.3, -0.25) is 14.4 Å². The van der Waals surface area contributed by atoms with Crippen molar-refractivity contribution in [2.75, 3.05) is 11.9 Å². The van der Waals surface area contributed by atoms with Crippen molar-refractivity contribution in [3.05, 3.63) is 64.2 Å². The van der Waals surface area contributed by atoms with E-state index in [4.69, 9.17) is 22.1 Å². The van der Waals surface area contributed by atoms with Gasteiger partial charge in [-0.25, -0.2) is 4.79 Å². The lowest BCUT2D eigenvalue weighted by Gasteiger charge is -2.34. The van der Waals surface area contributed by atoms with Crippen molar-refractivity contribution in [1.29, 1.82) is 0 Å². The molecule has 10 heteroatoms. The predicted molar refractivity (Wildman–Crippen MR) is 171 cm³/mol. The number of primary amides is 1. The highest BCUT2D eigenvalue weighted by atomic mass is 35.5. The summed E-state index contributed by atoms with van der Waals surface area (Å²) in [5, 5.41) is 5.81. The Morgan fingerprint density at radius 1 is 0.953 bits per heavy atom. The van der Waals surface area contributed by atoms with E-state index in [-0.39, 0.29) is 6.54 Å². The first-order valence-electron chi connectivity index (χ1n) is 14.9. The van der Waals surface area contributed by atoms with Crippen molar-refractivity contribution in [3.8, 4) is 0 Å². The smallest absolute Gasteiger partial charge is 0.408 e. The van der Waals surface area contributed by atoms with Crippen LogP contribution in [0.15, 0.2) is 42.5 Å². The van der Waals surface area contributed by atoms with Crippen LogP contribution in [0.4, 0.5) is 10.5 Å². The standard InChI is InChI=1S/C33H47ClN4O5/c1-7-8-9-10-11-12-20-38(31(41)26(21-27(35)39)36-32(42)43-33(4,5)6)29(24-18-16-22(2)17-19-24)30(40)37-28-23(3)14-13-15-25(28)34/h13-19,26,29H,7-12,20-21H2,1-6H3,(H2,35,39)(H,36,42)(H,37,40). The lowest BCUT2D eigenvalue weighted by molar-refractivity contribution is -0.142. The number of carbonyl (C=O) groups is 4. The number of alkyl carbamates (subject to hydrolysis) is 1. The topological polar surface area (TPSA) is 131 Å². The minimum absolute atomic E-state index is 0.212. The molecule has 0 aromatic heterocycles. The fraction of sp³-hybridized carbons (Fsp3) is 0.515. The third kappa shape index (κ3) is 11.9. The second-order valence-electron chi connectivity index (χ2n) is 11.9. The molecule has 4 amide bonds. The number of hydrogen-bond donors (Lipinski definition) is 3. The molecule has 2 atom stereocenters. The minimum Gasteiger partial charge on any atom is -0.444 e. The van der Waals surface area contributed by atoms with Gasteiger partial charge < -0.3 is 26.0 Å². The van der Waals surface area contributed by atoms with Crippen LogP contribution in [-0.2, 0) is 19.1 Å². The SMILES string of the molecule is CCCCCCCCN(C(=O)C(CC(N)=O)NC(=O)OC(C)(C)C)C(C(=O)Nc1c(C)cccc1Cl)c1ccc(C)cc1. The molecule has 0 aliphatic carbocycles. The van der Waals surface area contributed by atoms with Crippen LogP contribution in [0, 0.1) is 13.8 Å². The Morgan fingerprint density at radius 3 is 2.16 bits per heavy atom. The number of hydrogen-bond acceptors (Lipinski definition) is 5. The van der Waals surface area contributed by atoms with Crippen LogP contribution in [0.5, 0.6) is 0 Å². The van der Waals surface area contributed by atoms with Crippen LogP contribution >= 0.6 is 11.6 Å². The molecule has 2 aromatic rings. The number of benzene rings is 2. The number of carbonyl (C=O) groups excluding carboxylic acids is 4. The van der Waals surface area contributed by atoms with Gasteiger partial charge in [0.05, 0.1) is 17.1 Å². The summed E-state index contributed by atoms with van der Waals surface area (Å²) < 4.78 is 5.36. The lowest BCUT2D eigenvalue weighted by atomic mass is 9.99. The molecular weight excluding hydrogens is 568 g/mol. The normalized spacial score (nSPS) is 12.6. The highest BCUT2D eigenvalue weighted by Gasteiger charge is 2.37. The van der Waals surface area contributed by atoms with Gasteiger partial charge in [0.25, 0.3) is 5.91 Å². The summed E-state index contributed by atoms with van der Waals surface area (Å²) in [6.45, 7) is 11.2. The molecule has 0 saturated heterocycles. The summed E-state index contributed by atoms with van der Waals surface area (Å²) in [7, 11) is 0. The minimum atomic E-state index is -1.34. The molecule has 0 spiro atoms. The zero-order chi connectivity index (χ0) is 32.2. The van der Waals surface area contributed by atoms with Crippen molar-refractivity contribution in [1.82, 2.24) is 10.2 Å². The third-order valence-electron chi connectivity index (χ3n) is 6.85. The van der Waals surface area contributed by atoms with Crippen molar-refractivity contribution in [2.45, 2.75) is 104 Å². The van der Waals surface area contributed by atoms with Gasteiger partial charge in [-0.15, -0.1) is 0 Å². The van der Waals surface area contributed by atoms with E-state index < -0.39 is 47.9 Å². The Labute approximate surface area is 260 Å². The molecule has 43 heavy (non-hydrogen) atoms. The van der Waals surface area contributed by atoms with Gasteiger partial charge in [0, 0.05) is 6.54 Å². The van der Waals surface area contributed by atoms with E-state index in [1.165, 1.54) is 4.90 Å². The number of amides is 4. The van der Waals surface area contributed by atoms with E-state index in [1.807, 2.05) is 32.0 Å². The zero-order valence-electron chi connectivity index (χ0n) is 26.3. The molecule has 4 N–H and O–H groups in total. The molecule has 0 aliphatic rings. The van der Waals surface area contributed by atoms with Crippen molar-refractivity contribution in [2.24, 2.45) is 5.73 Å². The summed E-state index contributed by atoms with van der Waals surface area (Å²) in [5.41, 5.74) is 7.43. The second kappa shape index (κ2) is 16.9. The maximum absolute atomic E-state index is 14.3. The molecule has 0 fully saturated rings. The summed E-state index contributed by atoms with van der Waals surface area (Å²) >= 11 is 6.44. The van der Waals surface area contributed by atoms with Crippen LogP contribution in [0.1, 0.15) is 95.4 Å². The van der Waals surface area contributed by atoms with Crippen molar-refractivity contribution in [3.63, 3.8) is 0 Å². The number of halogens is 1. The van der Waals surface area contributed by atoms with E-state index in [1.54, 1.807) is 45.0 Å². The van der Waals surface area contributed by atoms with E-state index in [0.717, 1.165) is 43.2 Å². The second-order valence-corrected chi connectivity index (χ2v) is 12.3. The van der Waals surface area contributed by atoms with Crippen LogP contribution in [-0.4, -0.2) is 46.9 Å². The number of ether oxygens (including phenoxy) is 1.